The molecule has 0 saturated heterocycles. The van der Waals surface area contributed by atoms with Gasteiger partial charge in [-0.05, 0) is 37.2 Å². The fraction of sp³-hybridized carbons (Fsp3) is 0.632. The van der Waals surface area contributed by atoms with E-state index in [1.54, 1.807) is 0 Å². The second-order valence-corrected chi connectivity index (χ2v) is 6.12. The second-order valence-electron chi connectivity index (χ2n) is 6.12. The van der Waals surface area contributed by atoms with Crippen molar-refractivity contribution >= 4 is 5.91 Å². The Kier molecular flexibility index (Phi) is 10.7. The standard InChI is InChI=1S/C19H33NO/c1-7-11-18(12-8-2)16(5)13-9-10-14-20-19(21)17(6)15(3)4/h7-8,11-12,15-17H,1,9-10,13-14H2,2-6H3,(H,20,21)/b12-8-,18-11+. The largest absolute Gasteiger partial charge is 0.356 e. The van der Waals surface area contributed by atoms with E-state index in [-0.39, 0.29) is 11.8 Å². The highest BCUT2D eigenvalue weighted by Gasteiger charge is 2.15. The van der Waals surface area contributed by atoms with Crippen LogP contribution in [0.5, 0.6) is 0 Å². The van der Waals surface area contributed by atoms with Crippen LogP contribution in [0.4, 0.5) is 0 Å². The van der Waals surface area contributed by atoms with Gasteiger partial charge >= 0.3 is 0 Å². The highest BCUT2D eigenvalue weighted by Crippen LogP contribution is 2.19. The third-order valence-electron chi connectivity index (χ3n) is 4.02. The molecule has 120 valence electrons. The molecule has 0 aliphatic carbocycles. The zero-order valence-corrected chi connectivity index (χ0v) is 14.5. The topological polar surface area (TPSA) is 29.1 Å². The quantitative estimate of drug-likeness (QED) is 0.450. The van der Waals surface area contributed by atoms with E-state index >= 15 is 0 Å². The molecule has 1 N–H and O–H groups in total. The Balaban J connectivity index is 3.97. The van der Waals surface area contributed by atoms with Crippen LogP contribution in [0.2, 0.25) is 0 Å². The molecule has 1 amide bonds. The molecule has 0 radical (unpaired) electrons. The van der Waals surface area contributed by atoms with Crippen molar-refractivity contribution < 1.29 is 4.79 Å². The van der Waals surface area contributed by atoms with E-state index in [9.17, 15) is 4.79 Å². The summed E-state index contributed by atoms with van der Waals surface area (Å²) in [6, 6.07) is 0. The monoisotopic (exact) mass is 291 g/mol. The number of hydrogen-bond donors (Lipinski definition) is 1. The van der Waals surface area contributed by atoms with Gasteiger partial charge in [-0.2, -0.15) is 0 Å². The van der Waals surface area contributed by atoms with Crippen LogP contribution in [0, 0.1) is 17.8 Å². The summed E-state index contributed by atoms with van der Waals surface area (Å²) < 4.78 is 0. The van der Waals surface area contributed by atoms with Gasteiger partial charge in [0.15, 0.2) is 0 Å². The molecule has 2 nitrogen and oxygen atoms in total. The number of carbonyl (C=O) groups is 1. The fourth-order valence-electron chi connectivity index (χ4n) is 2.13. The van der Waals surface area contributed by atoms with Gasteiger partial charge < -0.3 is 5.32 Å². The Morgan fingerprint density at radius 1 is 1.19 bits per heavy atom. The van der Waals surface area contributed by atoms with E-state index in [2.05, 4.69) is 50.9 Å². The summed E-state index contributed by atoms with van der Waals surface area (Å²) in [6.45, 7) is 15.0. The molecule has 21 heavy (non-hydrogen) atoms. The van der Waals surface area contributed by atoms with Gasteiger partial charge in [-0.15, -0.1) is 0 Å². The van der Waals surface area contributed by atoms with Crippen LogP contribution in [0.15, 0.2) is 36.5 Å². The van der Waals surface area contributed by atoms with Crippen molar-refractivity contribution in [3.05, 3.63) is 36.5 Å². The first-order chi connectivity index (χ1) is 9.93. The number of rotatable bonds is 10. The van der Waals surface area contributed by atoms with Gasteiger partial charge in [-0.25, -0.2) is 0 Å². The van der Waals surface area contributed by atoms with Gasteiger partial charge in [0.1, 0.15) is 0 Å². The van der Waals surface area contributed by atoms with E-state index in [1.165, 1.54) is 5.57 Å². The van der Waals surface area contributed by atoms with Crippen molar-refractivity contribution in [1.82, 2.24) is 5.32 Å². The summed E-state index contributed by atoms with van der Waals surface area (Å²) in [5.74, 6) is 1.21. The maximum absolute atomic E-state index is 11.8. The Morgan fingerprint density at radius 3 is 2.38 bits per heavy atom. The van der Waals surface area contributed by atoms with Crippen molar-refractivity contribution in [3.8, 4) is 0 Å². The van der Waals surface area contributed by atoms with E-state index in [1.807, 2.05) is 19.9 Å². The summed E-state index contributed by atoms with van der Waals surface area (Å²) >= 11 is 0. The van der Waals surface area contributed by atoms with Crippen LogP contribution in [-0.4, -0.2) is 12.5 Å². The summed E-state index contributed by atoms with van der Waals surface area (Å²) in [4.78, 5) is 11.8. The van der Waals surface area contributed by atoms with E-state index in [0.29, 0.717) is 11.8 Å². The lowest BCUT2D eigenvalue weighted by Crippen LogP contribution is -2.32. The molecule has 2 atom stereocenters. The summed E-state index contributed by atoms with van der Waals surface area (Å²) in [7, 11) is 0. The molecule has 0 bridgehead atoms. The van der Waals surface area contributed by atoms with Crippen LogP contribution >= 0.6 is 0 Å². The maximum atomic E-state index is 11.8. The molecule has 0 fully saturated rings. The van der Waals surface area contributed by atoms with Crippen molar-refractivity contribution in [3.63, 3.8) is 0 Å². The lowest BCUT2D eigenvalue weighted by molar-refractivity contribution is -0.125. The Bertz CT molecular complexity index is 366. The molecule has 0 aromatic heterocycles. The van der Waals surface area contributed by atoms with E-state index in [0.717, 1.165) is 25.8 Å². The number of nitrogens with one attached hydrogen (secondary N) is 1. The molecule has 0 aromatic carbocycles. The van der Waals surface area contributed by atoms with Crippen molar-refractivity contribution in [1.29, 1.82) is 0 Å². The van der Waals surface area contributed by atoms with Gasteiger partial charge in [0.05, 0.1) is 0 Å². The first-order valence-corrected chi connectivity index (χ1v) is 8.17. The first kappa shape index (κ1) is 19.7. The van der Waals surface area contributed by atoms with Gasteiger partial charge in [-0.3, -0.25) is 4.79 Å². The SMILES string of the molecule is C=C/C=C(\C=C/C)C(C)CCCCNC(=O)C(C)C(C)C. The molecule has 0 saturated carbocycles. The van der Waals surface area contributed by atoms with Gasteiger partial charge in [0.2, 0.25) is 5.91 Å². The maximum Gasteiger partial charge on any atom is 0.223 e. The fourth-order valence-corrected chi connectivity index (χ4v) is 2.13. The van der Waals surface area contributed by atoms with Crippen LogP contribution < -0.4 is 5.32 Å². The Hall–Kier alpha value is -1.31. The Labute approximate surface area is 131 Å². The van der Waals surface area contributed by atoms with Crippen molar-refractivity contribution in [2.45, 2.75) is 53.9 Å². The molecule has 2 unspecified atom stereocenters. The average molecular weight is 291 g/mol. The summed E-state index contributed by atoms with van der Waals surface area (Å²) in [6.07, 6.45) is 11.5. The smallest absolute Gasteiger partial charge is 0.223 e. The highest BCUT2D eigenvalue weighted by atomic mass is 16.1. The zero-order chi connectivity index (χ0) is 16.3. The van der Waals surface area contributed by atoms with Gasteiger partial charge in [-0.1, -0.05) is 65.0 Å². The average Bonchev–Trinajstić information content (AvgIpc) is 2.45. The second kappa shape index (κ2) is 11.4. The number of carbonyl (C=O) groups excluding carboxylic acids is 1. The molecule has 2 heteroatoms. The zero-order valence-electron chi connectivity index (χ0n) is 14.5. The minimum Gasteiger partial charge on any atom is -0.356 e. The number of hydrogen-bond acceptors (Lipinski definition) is 1. The minimum absolute atomic E-state index is 0.0979. The van der Waals surface area contributed by atoms with E-state index in [4.69, 9.17) is 0 Å². The van der Waals surface area contributed by atoms with Crippen LogP contribution in [0.25, 0.3) is 0 Å². The normalized spacial score (nSPS) is 15.2. The molecular formula is C19H33NO. The third-order valence-corrected chi connectivity index (χ3v) is 4.02. The molecule has 0 aliphatic rings. The molecule has 0 heterocycles. The third kappa shape index (κ3) is 8.54. The predicted molar refractivity (Wildman–Crippen MR) is 93.1 cm³/mol. The van der Waals surface area contributed by atoms with E-state index < -0.39 is 0 Å². The molecule has 0 aromatic rings. The van der Waals surface area contributed by atoms with Crippen LogP contribution in [0.1, 0.15) is 53.9 Å². The summed E-state index contributed by atoms with van der Waals surface area (Å²) in [5, 5.41) is 3.03. The first-order valence-electron chi connectivity index (χ1n) is 8.17. The molecule has 0 spiro atoms. The van der Waals surface area contributed by atoms with Gasteiger partial charge in [0.25, 0.3) is 0 Å². The van der Waals surface area contributed by atoms with Crippen molar-refractivity contribution in [2.75, 3.05) is 6.54 Å². The highest BCUT2D eigenvalue weighted by molar-refractivity contribution is 5.78. The molecule has 0 aliphatic heterocycles. The molecular weight excluding hydrogens is 258 g/mol. The minimum atomic E-state index is 0.0979. The van der Waals surface area contributed by atoms with Crippen LogP contribution in [-0.2, 0) is 4.79 Å². The molecule has 0 rings (SSSR count). The van der Waals surface area contributed by atoms with Crippen molar-refractivity contribution in [2.24, 2.45) is 17.8 Å². The number of unbranched alkanes of at least 4 members (excludes halogenated alkanes) is 1. The van der Waals surface area contributed by atoms with Gasteiger partial charge in [0, 0.05) is 12.5 Å². The number of allylic oxidation sites excluding steroid dienone is 5. The van der Waals surface area contributed by atoms with Crippen LogP contribution in [0.3, 0.4) is 0 Å². The lowest BCUT2D eigenvalue weighted by Gasteiger charge is -2.16. The predicted octanol–water partition coefficient (Wildman–Crippen LogP) is 4.89. The number of amides is 1. The summed E-state index contributed by atoms with van der Waals surface area (Å²) in [5.41, 5.74) is 1.32. The Morgan fingerprint density at radius 2 is 1.86 bits per heavy atom. The lowest BCUT2D eigenvalue weighted by atomic mass is 9.94.